The van der Waals surface area contributed by atoms with E-state index in [2.05, 4.69) is 63.2 Å². The summed E-state index contributed by atoms with van der Waals surface area (Å²) >= 11 is 0. The van der Waals surface area contributed by atoms with Crippen LogP contribution >= 0.6 is 0 Å². The predicted molar refractivity (Wildman–Crippen MR) is 347 cm³/mol. The molecule has 0 aliphatic rings. The van der Waals surface area contributed by atoms with Crippen molar-refractivity contribution in [2.45, 2.75) is 166 Å². The maximum Gasteiger partial charge on any atom is 0.305 e. The number of hydrogen-bond acceptors (Lipinski definition) is 19. The summed E-state index contributed by atoms with van der Waals surface area (Å²) in [7, 11) is 0. The number of hydrogen-bond donors (Lipinski definition) is 16. The van der Waals surface area contributed by atoms with Crippen molar-refractivity contribution in [2.24, 2.45) is 17.2 Å². The number of aryl methyl sites for hydroxylation is 4. The van der Waals surface area contributed by atoms with Crippen LogP contribution in [0.1, 0.15) is 99.0 Å². The molecule has 0 radical (unpaired) electrons. The number of nitrogens with two attached hydrogens (primary N) is 3. The van der Waals surface area contributed by atoms with Gasteiger partial charge >= 0.3 is 5.97 Å². The molecule has 4 aromatic carbocycles. The summed E-state index contributed by atoms with van der Waals surface area (Å²) in [4.78, 5) is 136. The van der Waals surface area contributed by atoms with Gasteiger partial charge in [0.05, 0.1) is 44.4 Å². The van der Waals surface area contributed by atoms with E-state index < -0.39 is 151 Å². The number of nitrogens with one attached hydrogen (secondary N) is 9. The maximum absolute atomic E-state index is 15.3. The van der Waals surface area contributed by atoms with Gasteiger partial charge in [-0.15, -0.1) is 10.2 Å². The number of H-pyrrole nitrogens is 1. The second-order valence-electron chi connectivity index (χ2n) is 23.7. The van der Waals surface area contributed by atoms with Crippen molar-refractivity contribution < 1.29 is 77.5 Å². The van der Waals surface area contributed by atoms with Crippen molar-refractivity contribution in [3.05, 3.63) is 130 Å². The number of benzene rings is 4. The minimum Gasteiger partial charge on any atom is -0.494 e. The number of carbonyl (C=O) groups is 10. The van der Waals surface area contributed by atoms with Crippen LogP contribution in [0.25, 0.3) is 11.1 Å². The molecule has 1 aromatic heterocycles. The minimum absolute atomic E-state index is 0.0923. The third kappa shape index (κ3) is 23.9. The smallest absolute Gasteiger partial charge is 0.305 e. The highest BCUT2D eigenvalue weighted by molar-refractivity contribution is 6.00. The molecule has 520 valence electrons. The molecule has 1 heterocycles. The summed E-state index contributed by atoms with van der Waals surface area (Å²) in [6.07, 6.45) is -2.44. The molecule has 10 atom stereocenters. The van der Waals surface area contributed by atoms with Crippen molar-refractivity contribution >= 4 is 59.1 Å². The maximum atomic E-state index is 15.3. The van der Waals surface area contributed by atoms with E-state index in [-0.39, 0.29) is 30.7 Å². The van der Waals surface area contributed by atoms with Gasteiger partial charge in [-0.05, 0) is 131 Å². The number of nitrogens with zero attached hydrogens (tertiary/aromatic N) is 3. The van der Waals surface area contributed by atoms with Crippen LogP contribution in [0, 0.1) is 19.7 Å². The standard InChI is InChI=1S/C65H88FN15O15/c1-7-41-29-44(96-24-11-10-23-67)21-22-45(41)42-19-17-39(18-20-42)28-49(59(90)71-48(57(69)88)16-12-13-40-26-35(2)25-36(3)27-40)72-60(91)50(31-54(86)87)73-61(92)51(34-82)74-62(93)55(37(4)83)76-64(95)65(6,32-43-14-8-9-15-46(43)66)77-63(94)56(38(5)84)75-53(85)33-70-58(89)47(68)30-52-78-80-81-79-52/h8-9,14-15,17-22,25-27,29,37-38,47-51,55-56,82-84H,7,10-13,16,23-24,28,30-34,67-68H2,1-6H3,(H2,69,88)(H,70,89)(H,71,90)(H,72,91)(H,73,92)(H,74,93)(H,75,85)(H,76,95)(H,77,94)(H,86,87)(H,78,79,80,81)/t37-,38-,47+,48+,49+,50+,51+,55+,56?,65+/m1/s1. The molecule has 19 N–H and O–H groups in total. The zero-order valence-corrected chi connectivity index (χ0v) is 54.4. The van der Waals surface area contributed by atoms with Gasteiger partial charge in [0.2, 0.25) is 53.2 Å². The van der Waals surface area contributed by atoms with Gasteiger partial charge in [0, 0.05) is 19.3 Å². The number of halogens is 1. The molecule has 9 amide bonds. The Bertz CT molecular complexity index is 3470. The fourth-order valence-electron chi connectivity index (χ4n) is 10.3. The van der Waals surface area contributed by atoms with Crippen LogP contribution < -0.4 is 64.5 Å². The lowest BCUT2D eigenvalue weighted by Gasteiger charge is -2.34. The Morgan fingerprint density at radius 1 is 0.698 bits per heavy atom. The Morgan fingerprint density at radius 3 is 1.93 bits per heavy atom. The first kappa shape index (κ1) is 76.9. The highest BCUT2D eigenvalue weighted by Crippen LogP contribution is 2.29. The van der Waals surface area contributed by atoms with E-state index in [1.165, 1.54) is 18.2 Å². The van der Waals surface area contributed by atoms with E-state index in [0.29, 0.717) is 43.7 Å². The van der Waals surface area contributed by atoms with Crippen LogP contribution in [0.5, 0.6) is 5.75 Å². The van der Waals surface area contributed by atoms with Crippen LogP contribution in [0.15, 0.2) is 84.9 Å². The van der Waals surface area contributed by atoms with Crippen molar-refractivity contribution in [1.82, 2.24) is 63.2 Å². The number of primary amides is 1. The number of rotatable bonds is 39. The molecule has 5 aromatic rings. The number of carboxylic acids is 1. The molecule has 0 aliphatic heterocycles. The van der Waals surface area contributed by atoms with Gasteiger partial charge in [0.15, 0.2) is 5.82 Å². The van der Waals surface area contributed by atoms with Crippen LogP contribution in [0.4, 0.5) is 4.39 Å². The van der Waals surface area contributed by atoms with E-state index in [0.717, 1.165) is 73.1 Å². The zero-order chi connectivity index (χ0) is 70.8. The Labute approximate surface area is 554 Å². The predicted octanol–water partition coefficient (Wildman–Crippen LogP) is -1.71. The SMILES string of the molecule is CCc1cc(OCCCCN)ccc1-c1ccc(C[C@H](NC(=O)[C@H](CC(=O)O)NC(=O)[C@H](CO)NC(=O)[C@@H](NC(=O)[C@](C)(Cc2ccccc2F)NC(=O)C(NC(=O)CNC(=O)[C@@H](N)Cc2nn[nH]n2)[C@@H](C)O)[C@@H](C)O)C(=O)N[C@@H](CCCc2cc(C)cc(C)c2)C(N)=O)cc1. The van der Waals surface area contributed by atoms with Crippen LogP contribution in [-0.2, 0) is 80.0 Å². The van der Waals surface area contributed by atoms with E-state index in [9.17, 15) is 68.4 Å². The van der Waals surface area contributed by atoms with Gasteiger partial charge in [-0.3, -0.25) is 47.9 Å². The normalized spacial score (nSPS) is 14.6. The number of aromatic nitrogens is 4. The van der Waals surface area contributed by atoms with Gasteiger partial charge in [-0.25, -0.2) is 4.39 Å². The Hall–Kier alpha value is -9.82. The van der Waals surface area contributed by atoms with Crippen LogP contribution in [-0.4, -0.2) is 187 Å². The monoisotopic (exact) mass is 1340 g/mol. The van der Waals surface area contributed by atoms with Crippen molar-refractivity contribution in [3.8, 4) is 16.9 Å². The first-order valence-corrected chi connectivity index (χ1v) is 31.3. The van der Waals surface area contributed by atoms with Crippen molar-refractivity contribution in [3.63, 3.8) is 0 Å². The molecule has 31 heteroatoms. The second-order valence-corrected chi connectivity index (χ2v) is 23.7. The van der Waals surface area contributed by atoms with E-state index in [1.54, 1.807) is 24.3 Å². The summed E-state index contributed by atoms with van der Waals surface area (Å²) in [5.41, 5.74) is 21.1. The highest BCUT2D eigenvalue weighted by atomic mass is 19.1. The third-order valence-corrected chi connectivity index (χ3v) is 15.5. The van der Waals surface area contributed by atoms with Crippen LogP contribution in [0.3, 0.4) is 0 Å². The summed E-state index contributed by atoms with van der Waals surface area (Å²) < 4.78 is 21.2. The molecule has 0 saturated heterocycles. The zero-order valence-electron chi connectivity index (χ0n) is 54.4. The lowest BCUT2D eigenvalue weighted by atomic mass is 9.90. The molecule has 0 spiro atoms. The Morgan fingerprint density at radius 2 is 1.32 bits per heavy atom. The number of aliphatic hydroxyl groups excluding tert-OH is 3. The van der Waals surface area contributed by atoms with Crippen molar-refractivity contribution in [2.75, 3.05) is 26.3 Å². The molecule has 1 unspecified atom stereocenters. The average molecular weight is 1340 g/mol. The summed E-state index contributed by atoms with van der Waals surface area (Å²) in [5.74, 6) is -11.8. The van der Waals surface area contributed by atoms with Crippen molar-refractivity contribution in [1.29, 1.82) is 0 Å². The number of aliphatic carboxylic acids is 1. The first-order chi connectivity index (χ1) is 45.5. The number of ether oxygens (including phenoxy) is 1. The summed E-state index contributed by atoms with van der Waals surface area (Å²) in [5, 5.41) is 73.8. The molecular weight excluding hydrogens is 1250 g/mol. The molecule has 96 heavy (non-hydrogen) atoms. The topological polar surface area (TPSA) is 490 Å². The third-order valence-electron chi connectivity index (χ3n) is 15.5. The van der Waals surface area contributed by atoms with E-state index in [4.69, 9.17) is 21.9 Å². The van der Waals surface area contributed by atoms with Gasteiger partial charge in [0.25, 0.3) is 0 Å². The largest absolute Gasteiger partial charge is 0.494 e. The summed E-state index contributed by atoms with van der Waals surface area (Å²) in [6, 6.07) is 11.8. The van der Waals surface area contributed by atoms with Gasteiger partial charge in [-0.1, -0.05) is 90.0 Å². The van der Waals surface area contributed by atoms with Crippen LogP contribution in [0.2, 0.25) is 0 Å². The molecule has 0 fully saturated rings. The highest BCUT2D eigenvalue weighted by Gasteiger charge is 2.42. The molecule has 0 aliphatic carbocycles. The van der Waals surface area contributed by atoms with Gasteiger partial charge in [0.1, 0.15) is 53.4 Å². The minimum atomic E-state index is -2.32. The van der Waals surface area contributed by atoms with E-state index >= 15 is 4.39 Å². The second kappa shape index (κ2) is 37.3. The number of amides is 9. The lowest BCUT2D eigenvalue weighted by molar-refractivity contribution is -0.142. The summed E-state index contributed by atoms with van der Waals surface area (Å²) in [6.45, 7) is 8.19. The molecule has 30 nitrogen and oxygen atoms in total. The number of carboxylic acid groups (broad SMARTS) is 1. The average Bonchev–Trinajstić information content (AvgIpc) is 1.28. The van der Waals surface area contributed by atoms with Gasteiger partial charge < -0.3 is 84.9 Å². The Kier molecular flexibility index (Phi) is 29.9. The number of unbranched alkanes of at least 4 members (excludes halogenated alkanes) is 1. The number of aliphatic hydroxyl groups is 3. The molecule has 0 saturated carbocycles. The fraction of sp³-hybridized carbons (Fsp3) is 0.462. The molecule has 5 rings (SSSR count). The van der Waals surface area contributed by atoms with E-state index in [1.807, 2.05) is 57.2 Å². The molecule has 0 bridgehead atoms. The van der Waals surface area contributed by atoms with Gasteiger partial charge in [-0.2, -0.15) is 5.21 Å². The lowest BCUT2D eigenvalue weighted by Crippen LogP contribution is -2.67. The fourth-order valence-corrected chi connectivity index (χ4v) is 10.3. The number of carbonyl (C=O) groups excluding carboxylic acids is 9. The first-order valence-electron chi connectivity index (χ1n) is 31.3. The number of aromatic amines is 1. The molecular formula is C65H88FN15O15. The Balaban J connectivity index is 1.35. The quantitative estimate of drug-likeness (QED) is 0.0195. The number of tetrazole rings is 1.